The highest BCUT2D eigenvalue weighted by Crippen LogP contribution is 2.37. The van der Waals surface area contributed by atoms with E-state index in [4.69, 9.17) is 14.2 Å². The van der Waals surface area contributed by atoms with Crippen LogP contribution in [0, 0.1) is 10.1 Å². The molecule has 11 heteroatoms. The highest BCUT2D eigenvalue weighted by atomic mass is 16.6. The number of para-hydroxylation sites is 1. The Morgan fingerprint density at radius 1 is 1.03 bits per heavy atom. The molecule has 0 aromatic heterocycles. The maximum Gasteiger partial charge on any atom is 0.308 e. The van der Waals surface area contributed by atoms with Crippen LogP contribution in [-0.2, 0) is 19.1 Å². The highest BCUT2D eigenvalue weighted by molar-refractivity contribution is 5.97. The van der Waals surface area contributed by atoms with E-state index in [0.29, 0.717) is 5.56 Å². The molecule has 0 spiro atoms. The predicted octanol–water partition coefficient (Wildman–Crippen LogP) is 2.68. The Labute approximate surface area is 176 Å². The van der Waals surface area contributed by atoms with E-state index in [2.05, 4.69) is 5.10 Å². The van der Waals surface area contributed by atoms with Crippen LogP contribution >= 0.6 is 0 Å². The average molecular weight is 427 g/mol. The molecule has 0 aliphatic carbocycles. The molecule has 2 aromatic carbocycles. The van der Waals surface area contributed by atoms with Crippen molar-refractivity contribution in [2.24, 2.45) is 5.10 Å². The Bertz CT molecular complexity index is 1110. The molecule has 0 radical (unpaired) electrons. The van der Waals surface area contributed by atoms with Crippen LogP contribution in [0.5, 0.6) is 11.5 Å². The molecule has 0 saturated carbocycles. The molecule has 2 aromatic rings. The van der Waals surface area contributed by atoms with Crippen molar-refractivity contribution in [2.75, 3.05) is 0 Å². The van der Waals surface area contributed by atoms with E-state index in [1.807, 2.05) is 0 Å². The van der Waals surface area contributed by atoms with Gasteiger partial charge in [-0.2, -0.15) is 5.01 Å². The van der Waals surface area contributed by atoms with Crippen LogP contribution < -0.4 is 9.47 Å². The second-order valence-corrected chi connectivity index (χ2v) is 6.40. The zero-order chi connectivity index (χ0) is 22.7. The third kappa shape index (κ3) is 4.66. The molecule has 1 unspecified atom stereocenters. The van der Waals surface area contributed by atoms with Gasteiger partial charge in [-0.3, -0.25) is 24.5 Å². The molecule has 1 heterocycles. The van der Waals surface area contributed by atoms with Crippen LogP contribution in [-0.4, -0.2) is 33.7 Å². The predicted molar refractivity (Wildman–Crippen MR) is 105 cm³/mol. The van der Waals surface area contributed by atoms with Gasteiger partial charge in [-0.15, -0.1) is 5.10 Å². The van der Waals surface area contributed by atoms with Crippen molar-refractivity contribution in [3.05, 3.63) is 63.7 Å². The molecule has 1 aliphatic heterocycles. The number of hydrazone groups is 1. The number of ether oxygens (including phenoxy) is 3. The van der Waals surface area contributed by atoms with Crippen LogP contribution in [0.25, 0.3) is 0 Å². The summed E-state index contributed by atoms with van der Waals surface area (Å²) < 4.78 is 15.9. The summed E-state index contributed by atoms with van der Waals surface area (Å²) in [4.78, 5) is 45.6. The van der Waals surface area contributed by atoms with Crippen LogP contribution in [0.2, 0.25) is 0 Å². The molecule has 1 atom stereocenters. The van der Waals surface area contributed by atoms with Gasteiger partial charge >= 0.3 is 11.9 Å². The summed E-state index contributed by atoms with van der Waals surface area (Å²) in [7, 11) is 0. The summed E-state index contributed by atoms with van der Waals surface area (Å²) in [6.07, 6.45) is -1.17. The minimum absolute atomic E-state index is 0.00344. The van der Waals surface area contributed by atoms with Crippen molar-refractivity contribution >= 4 is 29.4 Å². The molecular formula is C20H17N3O8. The molecule has 3 rings (SSSR count). The first kappa shape index (κ1) is 21.4. The number of hydrogen-bond donors (Lipinski definition) is 0. The zero-order valence-electron chi connectivity index (χ0n) is 16.7. The highest BCUT2D eigenvalue weighted by Gasteiger charge is 2.37. The van der Waals surface area contributed by atoms with Crippen molar-refractivity contribution in [1.82, 2.24) is 5.01 Å². The zero-order valence-corrected chi connectivity index (χ0v) is 16.7. The summed E-state index contributed by atoms with van der Waals surface area (Å²) >= 11 is 0. The Balaban J connectivity index is 2.01. The third-order valence-corrected chi connectivity index (χ3v) is 4.06. The van der Waals surface area contributed by atoms with Gasteiger partial charge in [0.1, 0.15) is 0 Å². The second kappa shape index (κ2) is 8.61. The summed E-state index contributed by atoms with van der Waals surface area (Å²) in [6.45, 7) is 3.61. The van der Waals surface area contributed by atoms with Gasteiger partial charge in [0.15, 0.2) is 11.5 Å². The lowest BCUT2D eigenvalue weighted by molar-refractivity contribution is -0.386. The first-order chi connectivity index (χ1) is 14.7. The monoisotopic (exact) mass is 427 g/mol. The largest absolute Gasteiger partial charge is 0.445 e. The number of nitro benzene ring substituents is 1. The number of amides is 1. The first-order valence-electron chi connectivity index (χ1n) is 8.97. The molecule has 160 valence electrons. The second-order valence-electron chi connectivity index (χ2n) is 6.40. The average Bonchev–Trinajstić information content (AvgIpc) is 3.14. The van der Waals surface area contributed by atoms with Crippen LogP contribution in [0.3, 0.4) is 0 Å². The summed E-state index contributed by atoms with van der Waals surface area (Å²) in [6, 6.07) is 10.0. The Hall–Kier alpha value is -4.28. The maximum atomic E-state index is 12.1. The van der Waals surface area contributed by atoms with E-state index < -0.39 is 29.0 Å². The van der Waals surface area contributed by atoms with Crippen molar-refractivity contribution in [1.29, 1.82) is 0 Å². The SMILES string of the molecule is CC(=O)Oc1ccc(C2=NN(C(C)=O)C(c3ccccc3[N+](=O)[O-])O2)cc1OC(C)=O. The van der Waals surface area contributed by atoms with Gasteiger partial charge in [-0.05, 0) is 24.3 Å². The number of esters is 2. The van der Waals surface area contributed by atoms with E-state index in [-0.39, 0.29) is 28.6 Å². The molecule has 0 fully saturated rings. The molecule has 1 aliphatic rings. The van der Waals surface area contributed by atoms with Gasteiger partial charge < -0.3 is 14.2 Å². The molecule has 1 amide bonds. The van der Waals surface area contributed by atoms with Gasteiger partial charge in [-0.1, -0.05) is 12.1 Å². The van der Waals surface area contributed by atoms with Gasteiger partial charge in [-0.25, -0.2) is 0 Å². The fraction of sp³-hybridized carbons (Fsp3) is 0.200. The van der Waals surface area contributed by atoms with Crippen molar-refractivity contribution in [3.8, 4) is 11.5 Å². The van der Waals surface area contributed by atoms with Crippen LogP contribution in [0.1, 0.15) is 38.1 Å². The van der Waals surface area contributed by atoms with E-state index >= 15 is 0 Å². The van der Waals surface area contributed by atoms with Gasteiger partial charge in [0.25, 0.3) is 5.69 Å². The summed E-state index contributed by atoms with van der Waals surface area (Å²) in [5.41, 5.74) is 0.193. The van der Waals surface area contributed by atoms with Crippen LogP contribution in [0.4, 0.5) is 5.69 Å². The number of rotatable bonds is 5. The standard InChI is InChI=1S/C20H17N3O8/c1-11(24)22-20(15-6-4-5-7-16(15)23(27)28)31-19(21-22)14-8-9-17(29-12(2)25)18(10-14)30-13(3)26/h4-10,20H,1-3H3. The minimum atomic E-state index is -1.17. The summed E-state index contributed by atoms with van der Waals surface area (Å²) in [5, 5.41) is 16.5. The van der Waals surface area contributed by atoms with Crippen LogP contribution in [0.15, 0.2) is 47.6 Å². The first-order valence-corrected chi connectivity index (χ1v) is 8.97. The smallest absolute Gasteiger partial charge is 0.308 e. The molecular weight excluding hydrogens is 410 g/mol. The quantitative estimate of drug-likeness (QED) is 0.307. The molecule has 31 heavy (non-hydrogen) atoms. The number of nitrogens with zero attached hydrogens (tertiary/aromatic N) is 3. The van der Waals surface area contributed by atoms with E-state index in [1.165, 1.54) is 57.2 Å². The minimum Gasteiger partial charge on any atom is -0.445 e. The van der Waals surface area contributed by atoms with Gasteiger partial charge in [0.2, 0.25) is 18.0 Å². The number of nitro groups is 1. The van der Waals surface area contributed by atoms with Gasteiger partial charge in [0, 0.05) is 32.4 Å². The van der Waals surface area contributed by atoms with Gasteiger partial charge in [0.05, 0.1) is 10.5 Å². The van der Waals surface area contributed by atoms with Crippen molar-refractivity contribution < 1.29 is 33.5 Å². The molecule has 11 nitrogen and oxygen atoms in total. The Morgan fingerprint density at radius 3 is 2.29 bits per heavy atom. The normalized spacial score (nSPS) is 15.0. The summed E-state index contributed by atoms with van der Waals surface area (Å²) in [5.74, 6) is -1.87. The lowest BCUT2D eigenvalue weighted by Gasteiger charge is -2.19. The Morgan fingerprint density at radius 2 is 1.68 bits per heavy atom. The van der Waals surface area contributed by atoms with E-state index in [0.717, 1.165) is 5.01 Å². The maximum absolute atomic E-state index is 12.1. The lowest BCUT2D eigenvalue weighted by atomic mass is 10.1. The van der Waals surface area contributed by atoms with E-state index in [9.17, 15) is 24.5 Å². The third-order valence-electron chi connectivity index (χ3n) is 4.06. The fourth-order valence-corrected chi connectivity index (χ4v) is 2.86. The number of hydrogen-bond acceptors (Lipinski definition) is 9. The number of carbonyl (C=O) groups excluding carboxylic acids is 3. The molecule has 0 saturated heterocycles. The van der Waals surface area contributed by atoms with E-state index in [1.54, 1.807) is 6.07 Å². The number of benzene rings is 2. The fourth-order valence-electron chi connectivity index (χ4n) is 2.86. The molecule has 0 bridgehead atoms. The Kier molecular flexibility index (Phi) is 5.95. The lowest BCUT2D eigenvalue weighted by Crippen LogP contribution is -2.25. The molecule has 0 N–H and O–H groups in total. The van der Waals surface area contributed by atoms with Crippen molar-refractivity contribution in [3.63, 3.8) is 0 Å². The topological polar surface area (TPSA) is 138 Å². The van der Waals surface area contributed by atoms with Crippen molar-refractivity contribution in [2.45, 2.75) is 27.0 Å². The number of carbonyl (C=O) groups is 3.